The van der Waals surface area contributed by atoms with E-state index >= 15 is 0 Å². The maximum absolute atomic E-state index is 2.52. The molecule has 13 aromatic carbocycles. The number of hydrogen-bond acceptors (Lipinski definition) is 0. The summed E-state index contributed by atoms with van der Waals surface area (Å²) in [6.45, 7) is 0. The maximum Gasteiger partial charge on any atom is 0.140 e. The van der Waals surface area contributed by atoms with Gasteiger partial charge < -0.3 is 0 Å². The molecule has 0 amide bonds. The van der Waals surface area contributed by atoms with E-state index < -0.39 is 0 Å². The zero-order valence-corrected chi connectivity index (χ0v) is 66.0. The molecule has 0 heterocycles. The van der Waals surface area contributed by atoms with Crippen molar-refractivity contribution < 1.29 is 0 Å². The first-order valence-electron chi connectivity index (χ1n) is 36.0. The lowest BCUT2D eigenvalue weighted by Crippen LogP contribution is -2.53. The van der Waals surface area contributed by atoms with Crippen LogP contribution in [0.2, 0.25) is 0 Å². The van der Waals surface area contributed by atoms with Crippen molar-refractivity contribution in [1.82, 2.24) is 0 Å². The van der Waals surface area contributed by atoms with Gasteiger partial charge in [-0.3, -0.25) is 0 Å². The monoisotopic (exact) mass is 1190 g/mol. The van der Waals surface area contributed by atoms with Gasteiger partial charge >= 0.3 is 0 Å². The van der Waals surface area contributed by atoms with E-state index in [-0.39, 0.29) is 0 Å². The van der Waals surface area contributed by atoms with Crippen molar-refractivity contribution in [2.24, 2.45) is 0 Å². The fourth-order valence-electron chi connectivity index (χ4n) is 20.8. The Morgan fingerprint density at radius 1 is 0.0625 bits per heavy atom. The highest BCUT2D eigenvalue weighted by atomic mass is 14.3. The average molecular weight is 1180 g/mol. The van der Waals surface area contributed by atoms with Crippen molar-refractivity contribution in [3.63, 3.8) is 0 Å². The van der Waals surface area contributed by atoms with Crippen LogP contribution in [-0.4, -0.2) is 282 Å². The van der Waals surface area contributed by atoms with E-state index in [0.717, 1.165) is 0 Å². The molecule has 0 fully saturated rings. The van der Waals surface area contributed by atoms with Gasteiger partial charge in [-0.2, -0.15) is 0 Å². The normalized spacial score (nSPS) is 12.0. The van der Waals surface area contributed by atoms with Crippen LogP contribution in [0, 0.1) is 0 Å². The summed E-state index contributed by atoms with van der Waals surface area (Å²) in [6.07, 6.45) is 0. The summed E-state index contributed by atoms with van der Waals surface area (Å²) in [6, 6.07) is 0. The van der Waals surface area contributed by atoms with Gasteiger partial charge in [0.05, 0.1) is 0 Å². The standard InChI is InChI=1S/C60H72B36/c61-25-17(9-10-20(52(88)55(91)33(9)69)53(89)60(96)59(95)34(10)70)26(62)22(24-45(81)43(79)19(44(80)46(24)82)8-6-2-4-14(38(74)30(6)66)48(84)57(93)50(86)16(4)42(78)40(76)12(2)36(72)32(8)68)28(64)21(25)23-27(63)18(51(87)58(94)54(23)90)7-5-1-3-13(37(73)29(5)65)47(83)56(92)49(85)15(3)41(77)39(75)11(1)35(71)31(7)67/h61-96H2. The third-order valence-corrected chi connectivity index (χ3v) is 28.2. The Balaban J connectivity index is 1.22. The molecule has 0 aliphatic carbocycles. The predicted octanol–water partition coefficient (Wildman–Crippen LogP) is -45.7. The molecule has 0 aliphatic heterocycles. The predicted molar refractivity (Wildman–Crippen MR) is 553 cm³/mol. The first kappa shape index (κ1) is 69.0. The molecule has 96 heavy (non-hydrogen) atoms. The average Bonchev–Trinajstić information content (AvgIpc) is 0.702. The summed E-state index contributed by atoms with van der Waals surface area (Å²) >= 11 is 0. The lowest BCUT2D eigenvalue weighted by Gasteiger charge is -2.34. The molecule has 420 valence electrons. The topological polar surface area (TPSA) is 0 Å². The Hall–Kier alpha value is -5.46. The van der Waals surface area contributed by atoms with Gasteiger partial charge in [-0.15, -0.1) is 32.8 Å². The highest BCUT2D eigenvalue weighted by Gasteiger charge is 2.34. The molecule has 0 radical (unpaired) electrons. The van der Waals surface area contributed by atoms with E-state index in [1.807, 2.05) is 0 Å². The van der Waals surface area contributed by atoms with Gasteiger partial charge in [-0.1, -0.05) is 164 Å². The van der Waals surface area contributed by atoms with E-state index in [1.54, 1.807) is 0 Å². The Kier molecular flexibility index (Phi) is 16.6. The minimum atomic E-state index is 1.37. The smallest absolute Gasteiger partial charge is 0.101 e. The van der Waals surface area contributed by atoms with Gasteiger partial charge in [-0.25, -0.2) is 0 Å². The van der Waals surface area contributed by atoms with Crippen LogP contribution in [-0.2, 0) is 0 Å². The largest absolute Gasteiger partial charge is 0.140 e. The minimum absolute atomic E-state index is 1.37. The molecular weight excluding hydrogens is 1110 g/mol. The number of rotatable bonds is 5. The van der Waals surface area contributed by atoms with Gasteiger partial charge in [0.15, 0.2) is 0 Å². The fourth-order valence-corrected chi connectivity index (χ4v) is 20.8. The molecular formula is C60H72B36. The molecule has 0 N–H and O–H groups in total. The van der Waals surface area contributed by atoms with Crippen LogP contribution in [0.4, 0.5) is 0 Å². The van der Waals surface area contributed by atoms with Crippen molar-refractivity contribution in [2.75, 3.05) is 0 Å². The zero-order chi connectivity index (χ0) is 70.6. The van der Waals surface area contributed by atoms with Crippen molar-refractivity contribution in [3.8, 4) is 55.6 Å². The molecule has 0 spiro atoms. The van der Waals surface area contributed by atoms with Crippen molar-refractivity contribution in [2.45, 2.75) is 0 Å². The summed E-state index contributed by atoms with van der Waals surface area (Å²) in [5.74, 6) is 0. The molecule has 0 aromatic heterocycles. The Morgan fingerprint density at radius 2 is 0.156 bits per heavy atom. The van der Waals surface area contributed by atoms with Crippen molar-refractivity contribution in [3.05, 3.63) is 0 Å². The number of hydrogen-bond donors (Lipinski definition) is 0. The van der Waals surface area contributed by atoms with Crippen LogP contribution in [0.15, 0.2) is 0 Å². The highest BCUT2D eigenvalue weighted by molar-refractivity contribution is 6.81. The summed E-state index contributed by atoms with van der Waals surface area (Å²) in [4.78, 5) is 0. The second-order valence-electron chi connectivity index (χ2n) is 31.5. The summed E-state index contributed by atoms with van der Waals surface area (Å²) in [5, 5.41) is 20.3. The SMILES string of the molecule is Bc1c(B)c(-c2c(B)c(-c3c(B)c(B)c(-c4c(B)c(B)c5c(B)c(B)c6c(B)c(B)c(B)c7c(B)c(B)c4c5c67)c(B)c3B)c(B)c(-c3c(B)c(B)c(B)c4c(B)c(B)c(B)c(B)c34)c2B)c(B)c(-c2c(B)c(B)c3c(B)c(B)c4c(B)c(B)c(B)c5c(B)c(B)c2c3c45)c1B. The maximum atomic E-state index is 2.52. The lowest BCUT2D eigenvalue weighted by atomic mass is 9.53. The molecule has 13 rings (SSSR count). The van der Waals surface area contributed by atoms with Gasteiger partial charge in [0.25, 0.3) is 0 Å². The first-order chi connectivity index (χ1) is 44.8. The lowest BCUT2D eigenvalue weighted by molar-refractivity contribution is 1.76. The summed E-state index contributed by atoms with van der Waals surface area (Å²) in [7, 11) is 87.4. The molecule has 0 saturated heterocycles. The molecule has 0 unspecified atom stereocenters. The van der Waals surface area contributed by atoms with Gasteiger partial charge in [0, 0.05) is 0 Å². The Morgan fingerprint density at radius 3 is 0.438 bits per heavy atom. The Bertz CT molecular complexity index is 5860. The fraction of sp³-hybridized carbons (Fsp3) is 0. The molecule has 0 atom stereocenters. The van der Waals surface area contributed by atoms with Crippen LogP contribution in [0.1, 0.15) is 0 Å². The van der Waals surface area contributed by atoms with Crippen molar-refractivity contribution >= 4 is 555 Å². The van der Waals surface area contributed by atoms with Gasteiger partial charge in [-0.05, 0) is 131 Å². The minimum Gasteiger partial charge on any atom is -0.101 e. The van der Waals surface area contributed by atoms with E-state index in [0.29, 0.717) is 0 Å². The van der Waals surface area contributed by atoms with E-state index in [9.17, 15) is 0 Å². The quantitative estimate of drug-likeness (QED) is 0.119. The molecule has 13 aromatic rings. The molecule has 0 saturated carbocycles. The van der Waals surface area contributed by atoms with E-state index in [1.165, 1.54) is 328 Å². The van der Waals surface area contributed by atoms with Gasteiger partial charge in [0.2, 0.25) is 0 Å². The van der Waals surface area contributed by atoms with Gasteiger partial charge in [0.1, 0.15) is 282 Å². The van der Waals surface area contributed by atoms with Crippen molar-refractivity contribution in [1.29, 1.82) is 0 Å². The van der Waals surface area contributed by atoms with E-state index in [2.05, 4.69) is 282 Å². The third-order valence-electron chi connectivity index (χ3n) is 28.2. The zero-order valence-electron chi connectivity index (χ0n) is 66.0. The molecule has 0 nitrogen and oxygen atoms in total. The molecule has 0 bridgehead atoms. The van der Waals surface area contributed by atoms with Crippen LogP contribution in [0.25, 0.3) is 131 Å². The summed E-state index contributed by atoms with van der Waals surface area (Å²) < 4.78 is 0. The highest BCUT2D eigenvalue weighted by Crippen LogP contribution is 2.36. The van der Waals surface area contributed by atoms with Crippen LogP contribution in [0.3, 0.4) is 0 Å². The second-order valence-corrected chi connectivity index (χ2v) is 31.5. The van der Waals surface area contributed by atoms with E-state index in [4.69, 9.17) is 0 Å². The third kappa shape index (κ3) is 8.50. The molecule has 0 aliphatic rings. The first-order valence-corrected chi connectivity index (χ1v) is 36.0. The van der Waals surface area contributed by atoms with Crippen LogP contribution >= 0.6 is 0 Å². The second kappa shape index (κ2) is 23.0. The molecule has 36 heteroatoms. The number of benzene rings is 13. The van der Waals surface area contributed by atoms with Crippen LogP contribution in [0.5, 0.6) is 0 Å². The Labute approximate surface area is 605 Å². The van der Waals surface area contributed by atoms with Crippen LogP contribution < -0.4 is 197 Å². The number of fused-ring (bicyclic) bond motifs is 1. The summed E-state index contributed by atoms with van der Waals surface area (Å²) in [5.41, 5.74) is 64.4.